The summed E-state index contributed by atoms with van der Waals surface area (Å²) in [5, 5.41) is 3.67. The van der Waals surface area contributed by atoms with Gasteiger partial charge in [-0.15, -0.1) is 0 Å². The summed E-state index contributed by atoms with van der Waals surface area (Å²) >= 11 is 6.14. The molecule has 0 saturated carbocycles. The van der Waals surface area contributed by atoms with Crippen LogP contribution in [-0.4, -0.2) is 30.0 Å². The fourth-order valence-corrected chi connectivity index (χ4v) is 5.28. The summed E-state index contributed by atoms with van der Waals surface area (Å²) in [4.78, 5) is 4.53. The molecule has 0 amide bonds. The quantitative estimate of drug-likeness (QED) is 0.760. The number of nitrogens with zero attached hydrogens (tertiary/aromatic N) is 2. The third kappa shape index (κ3) is 2.94. The van der Waals surface area contributed by atoms with Crippen LogP contribution in [0.4, 0.5) is 0 Å². The molecule has 1 saturated heterocycles. The minimum absolute atomic E-state index is 0.1000. The molecule has 1 aromatic carbocycles. The van der Waals surface area contributed by atoms with Crippen LogP contribution in [-0.2, 0) is 16.4 Å². The Balaban J connectivity index is 1.86. The third-order valence-corrected chi connectivity index (χ3v) is 6.78. The van der Waals surface area contributed by atoms with Gasteiger partial charge in [0.2, 0.25) is 0 Å². The van der Waals surface area contributed by atoms with Gasteiger partial charge in [0.1, 0.15) is 4.90 Å². The molecule has 1 atom stereocenters. The van der Waals surface area contributed by atoms with Gasteiger partial charge >= 0.3 is 0 Å². The summed E-state index contributed by atoms with van der Waals surface area (Å²) < 4.78 is 27.6. The number of fused-ring (bicyclic) bond motifs is 1. The van der Waals surface area contributed by atoms with Crippen LogP contribution < -0.4 is 5.32 Å². The maximum absolute atomic E-state index is 13.2. The number of nitrogens with one attached hydrogen (secondary N) is 1. The molecular weight excluding hydrogens is 358 g/mol. The van der Waals surface area contributed by atoms with Crippen molar-refractivity contribution in [2.24, 2.45) is 0 Å². The first-order valence-electron chi connectivity index (χ1n) is 8.26. The van der Waals surface area contributed by atoms with Gasteiger partial charge in [-0.05, 0) is 55.6 Å². The molecule has 1 fully saturated rings. The van der Waals surface area contributed by atoms with E-state index in [1.165, 1.54) is 10.0 Å². The van der Waals surface area contributed by atoms with Gasteiger partial charge < -0.3 is 5.32 Å². The summed E-state index contributed by atoms with van der Waals surface area (Å²) in [6, 6.07) is 10.4. The van der Waals surface area contributed by atoms with Crippen molar-refractivity contribution in [2.45, 2.75) is 30.2 Å². The lowest BCUT2D eigenvalue weighted by Crippen LogP contribution is -2.23. The number of hydrogen-bond acceptors (Lipinski definition) is 4. The van der Waals surface area contributed by atoms with Crippen LogP contribution >= 0.6 is 11.6 Å². The Bertz CT molecular complexity index is 1020. The maximum Gasteiger partial charge on any atom is 0.269 e. The molecule has 25 heavy (non-hydrogen) atoms. The minimum atomic E-state index is -3.78. The normalized spacial score (nSPS) is 18.0. The van der Waals surface area contributed by atoms with Gasteiger partial charge in [0.05, 0.1) is 16.1 Å². The zero-order valence-electron chi connectivity index (χ0n) is 13.5. The smallest absolute Gasteiger partial charge is 0.269 e. The van der Waals surface area contributed by atoms with Crippen LogP contribution in [0, 0.1) is 0 Å². The van der Waals surface area contributed by atoms with E-state index in [2.05, 4.69) is 10.3 Å². The van der Waals surface area contributed by atoms with E-state index in [0.29, 0.717) is 11.6 Å². The molecule has 7 heteroatoms. The van der Waals surface area contributed by atoms with Crippen molar-refractivity contribution in [1.29, 1.82) is 0 Å². The van der Waals surface area contributed by atoms with Gasteiger partial charge in [0, 0.05) is 18.4 Å². The van der Waals surface area contributed by atoms with Gasteiger partial charge in [-0.2, -0.15) is 0 Å². The lowest BCUT2D eigenvalue weighted by Gasteiger charge is -2.09. The van der Waals surface area contributed by atoms with Gasteiger partial charge in [0.25, 0.3) is 10.0 Å². The Morgan fingerprint density at radius 3 is 2.84 bits per heavy atom. The van der Waals surface area contributed by atoms with E-state index < -0.39 is 10.0 Å². The fraction of sp³-hybridized carbons (Fsp3) is 0.278. The average molecular weight is 376 g/mol. The van der Waals surface area contributed by atoms with E-state index in [0.717, 1.165) is 36.9 Å². The second kappa shape index (κ2) is 6.44. The van der Waals surface area contributed by atoms with E-state index in [9.17, 15) is 8.42 Å². The zero-order chi connectivity index (χ0) is 17.4. The molecule has 1 N–H and O–H groups in total. The minimum Gasteiger partial charge on any atom is -0.314 e. The largest absolute Gasteiger partial charge is 0.314 e. The SMILES string of the molecule is O=S(=O)(c1ccccc1Cl)n1cc(C[C@H]2CCCN2)c2ncccc21. The van der Waals surface area contributed by atoms with E-state index in [1.807, 2.05) is 0 Å². The second-order valence-electron chi connectivity index (χ2n) is 6.25. The predicted octanol–water partition coefficient (Wildman–Crippen LogP) is 3.22. The highest BCUT2D eigenvalue weighted by Crippen LogP contribution is 2.29. The number of hydrogen-bond donors (Lipinski definition) is 1. The van der Waals surface area contributed by atoms with Crippen molar-refractivity contribution in [3.63, 3.8) is 0 Å². The lowest BCUT2D eigenvalue weighted by atomic mass is 10.1. The Hall–Kier alpha value is -1.89. The number of aromatic nitrogens is 2. The topological polar surface area (TPSA) is 64.0 Å². The second-order valence-corrected chi connectivity index (χ2v) is 8.44. The zero-order valence-corrected chi connectivity index (χ0v) is 15.1. The van der Waals surface area contributed by atoms with Crippen molar-refractivity contribution >= 4 is 32.7 Å². The molecular formula is C18H18ClN3O2S. The molecule has 3 aromatic rings. The van der Waals surface area contributed by atoms with Crippen LogP contribution in [0.1, 0.15) is 18.4 Å². The Labute approximate surface area is 151 Å². The Morgan fingerprint density at radius 2 is 2.08 bits per heavy atom. The molecule has 1 aliphatic rings. The molecule has 1 aliphatic heterocycles. The van der Waals surface area contributed by atoms with E-state index in [4.69, 9.17) is 11.6 Å². The highest BCUT2D eigenvalue weighted by Gasteiger charge is 2.25. The van der Waals surface area contributed by atoms with Crippen molar-refractivity contribution in [3.8, 4) is 0 Å². The first-order chi connectivity index (χ1) is 12.1. The highest BCUT2D eigenvalue weighted by molar-refractivity contribution is 7.90. The van der Waals surface area contributed by atoms with Crippen molar-refractivity contribution in [3.05, 3.63) is 59.4 Å². The van der Waals surface area contributed by atoms with Crippen molar-refractivity contribution in [2.75, 3.05) is 6.54 Å². The van der Waals surface area contributed by atoms with Crippen LogP contribution in [0.15, 0.2) is 53.7 Å². The summed E-state index contributed by atoms with van der Waals surface area (Å²) in [6.45, 7) is 1.01. The molecule has 4 rings (SSSR count). The van der Waals surface area contributed by atoms with E-state index in [1.54, 1.807) is 42.7 Å². The fourth-order valence-electron chi connectivity index (χ4n) is 3.40. The number of pyridine rings is 1. The van der Waals surface area contributed by atoms with Gasteiger partial charge in [-0.3, -0.25) is 4.98 Å². The van der Waals surface area contributed by atoms with Crippen LogP contribution in [0.5, 0.6) is 0 Å². The van der Waals surface area contributed by atoms with E-state index >= 15 is 0 Å². The van der Waals surface area contributed by atoms with Gasteiger partial charge in [-0.25, -0.2) is 12.4 Å². The molecule has 5 nitrogen and oxygen atoms in total. The van der Waals surface area contributed by atoms with Crippen LogP contribution in [0.25, 0.3) is 11.0 Å². The molecule has 0 radical (unpaired) electrons. The monoisotopic (exact) mass is 375 g/mol. The van der Waals surface area contributed by atoms with Crippen LogP contribution in [0.2, 0.25) is 5.02 Å². The number of benzene rings is 1. The number of rotatable bonds is 4. The van der Waals surface area contributed by atoms with Crippen molar-refractivity contribution in [1.82, 2.24) is 14.3 Å². The highest BCUT2D eigenvalue weighted by atomic mass is 35.5. The molecule has 0 aliphatic carbocycles. The molecule has 3 heterocycles. The molecule has 2 aromatic heterocycles. The summed E-state index contributed by atoms with van der Waals surface area (Å²) in [5.74, 6) is 0. The average Bonchev–Trinajstić information content (AvgIpc) is 3.24. The Kier molecular flexibility index (Phi) is 4.27. The Morgan fingerprint density at radius 1 is 1.24 bits per heavy atom. The first-order valence-corrected chi connectivity index (χ1v) is 10.1. The lowest BCUT2D eigenvalue weighted by molar-refractivity contribution is 0.587. The molecule has 130 valence electrons. The summed E-state index contributed by atoms with van der Waals surface area (Å²) in [7, 11) is -3.78. The van der Waals surface area contributed by atoms with Crippen LogP contribution in [0.3, 0.4) is 0 Å². The van der Waals surface area contributed by atoms with Crippen molar-refractivity contribution < 1.29 is 8.42 Å². The van der Waals surface area contributed by atoms with E-state index in [-0.39, 0.29) is 9.92 Å². The molecule has 0 spiro atoms. The molecule has 0 bridgehead atoms. The first kappa shape index (κ1) is 16.6. The standard InChI is InChI=1S/C18H18ClN3O2S/c19-15-6-1-2-8-17(15)25(23,24)22-12-13(11-14-5-3-9-20-14)18-16(22)7-4-10-21-18/h1-2,4,6-8,10,12,14,20H,3,5,9,11H2/t14-/m1/s1. The molecule has 0 unspecified atom stereocenters. The summed E-state index contributed by atoms with van der Waals surface area (Å²) in [6.07, 6.45) is 6.39. The van der Waals surface area contributed by atoms with Gasteiger partial charge in [-0.1, -0.05) is 23.7 Å². The van der Waals surface area contributed by atoms with Gasteiger partial charge in [0.15, 0.2) is 0 Å². The predicted molar refractivity (Wildman–Crippen MR) is 98.5 cm³/mol. The summed E-state index contributed by atoms with van der Waals surface area (Å²) in [5.41, 5.74) is 2.24. The maximum atomic E-state index is 13.2. The third-order valence-electron chi connectivity index (χ3n) is 4.60. The number of halogens is 1.